The van der Waals surface area contributed by atoms with Crippen molar-refractivity contribution in [3.63, 3.8) is 0 Å². The normalized spacial score (nSPS) is 25.6. The first-order valence-corrected chi connectivity index (χ1v) is 4.97. The van der Waals surface area contributed by atoms with Crippen LogP contribution >= 0.6 is 0 Å². The van der Waals surface area contributed by atoms with E-state index < -0.39 is 0 Å². The highest BCUT2D eigenvalue weighted by atomic mass is 16.3. The lowest BCUT2D eigenvalue weighted by molar-refractivity contribution is -0.120. The highest BCUT2D eigenvalue weighted by Crippen LogP contribution is 2.28. The second-order valence-electron chi connectivity index (χ2n) is 4.03. The molecule has 0 spiro atoms. The van der Waals surface area contributed by atoms with Crippen molar-refractivity contribution in [2.75, 3.05) is 6.61 Å². The first-order valence-electron chi connectivity index (χ1n) is 4.97. The van der Waals surface area contributed by atoms with E-state index in [0.29, 0.717) is 5.92 Å². The Bertz CT molecular complexity index is 218. The third-order valence-electron chi connectivity index (χ3n) is 2.88. The summed E-state index contributed by atoms with van der Waals surface area (Å²) < 4.78 is 0. The van der Waals surface area contributed by atoms with E-state index in [9.17, 15) is 4.79 Å². The van der Waals surface area contributed by atoms with Crippen LogP contribution in [0.5, 0.6) is 0 Å². The van der Waals surface area contributed by atoms with Crippen molar-refractivity contribution < 1.29 is 9.90 Å². The van der Waals surface area contributed by atoms with Crippen molar-refractivity contribution in [3.05, 3.63) is 11.6 Å². The number of aliphatic hydroxyl groups excluding tert-OH is 1. The Balaban J connectivity index is 2.57. The van der Waals surface area contributed by atoms with Crippen molar-refractivity contribution in [2.24, 2.45) is 11.8 Å². The SMILES string of the molecule is CC1=CC(=O)C(C(C)CCO)CC1. The van der Waals surface area contributed by atoms with Gasteiger partial charge in [0.15, 0.2) is 5.78 Å². The lowest BCUT2D eigenvalue weighted by Crippen LogP contribution is -2.24. The van der Waals surface area contributed by atoms with Gasteiger partial charge in [0, 0.05) is 12.5 Å². The molecule has 0 saturated carbocycles. The number of carbonyl (C=O) groups is 1. The molecule has 0 bridgehead atoms. The number of hydrogen-bond donors (Lipinski definition) is 1. The van der Waals surface area contributed by atoms with Crippen molar-refractivity contribution >= 4 is 5.78 Å². The van der Waals surface area contributed by atoms with Crippen LogP contribution in [0.25, 0.3) is 0 Å². The molecule has 0 fully saturated rings. The summed E-state index contributed by atoms with van der Waals surface area (Å²) >= 11 is 0. The summed E-state index contributed by atoms with van der Waals surface area (Å²) in [6.45, 7) is 4.24. The number of hydrogen-bond acceptors (Lipinski definition) is 2. The van der Waals surface area contributed by atoms with E-state index in [1.54, 1.807) is 6.08 Å². The van der Waals surface area contributed by atoms with Crippen LogP contribution in [0.3, 0.4) is 0 Å². The predicted octanol–water partition coefficient (Wildman–Crippen LogP) is 1.93. The molecule has 0 saturated heterocycles. The summed E-state index contributed by atoms with van der Waals surface area (Å²) in [5.74, 6) is 0.724. The van der Waals surface area contributed by atoms with E-state index in [2.05, 4.69) is 0 Å². The van der Waals surface area contributed by atoms with E-state index in [-0.39, 0.29) is 18.3 Å². The maximum atomic E-state index is 11.6. The van der Waals surface area contributed by atoms with Crippen molar-refractivity contribution in [3.8, 4) is 0 Å². The van der Waals surface area contributed by atoms with Gasteiger partial charge < -0.3 is 5.11 Å². The smallest absolute Gasteiger partial charge is 0.158 e. The fourth-order valence-electron chi connectivity index (χ4n) is 1.92. The van der Waals surface area contributed by atoms with Crippen molar-refractivity contribution in [2.45, 2.75) is 33.1 Å². The molecule has 2 nitrogen and oxygen atoms in total. The zero-order valence-corrected chi connectivity index (χ0v) is 8.42. The number of allylic oxidation sites excluding steroid dienone is 2. The lowest BCUT2D eigenvalue weighted by Gasteiger charge is -2.24. The van der Waals surface area contributed by atoms with Crippen LogP contribution in [0.4, 0.5) is 0 Å². The molecule has 0 aliphatic heterocycles. The summed E-state index contributed by atoms with van der Waals surface area (Å²) in [6, 6.07) is 0. The minimum Gasteiger partial charge on any atom is -0.396 e. The molecule has 1 aliphatic rings. The van der Waals surface area contributed by atoms with Crippen molar-refractivity contribution in [1.29, 1.82) is 0 Å². The maximum absolute atomic E-state index is 11.6. The number of aliphatic hydroxyl groups is 1. The molecule has 0 aromatic heterocycles. The summed E-state index contributed by atoms with van der Waals surface area (Å²) in [6.07, 6.45) is 4.50. The Labute approximate surface area is 79.6 Å². The molecule has 0 heterocycles. The molecule has 1 rings (SSSR count). The van der Waals surface area contributed by atoms with Gasteiger partial charge >= 0.3 is 0 Å². The zero-order valence-electron chi connectivity index (χ0n) is 8.42. The monoisotopic (exact) mass is 182 g/mol. The molecule has 0 radical (unpaired) electrons. The van der Waals surface area contributed by atoms with E-state index >= 15 is 0 Å². The van der Waals surface area contributed by atoms with Gasteiger partial charge in [-0.3, -0.25) is 4.79 Å². The minimum absolute atomic E-state index is 0.149. The molecule has 1 aliphatic carbocycles. The topological polar surface area (TPSA) is 37.3 Å². The first kappa shape index (κ1) is 10.5. The fourth-order valence-corrected chi connectivity index (χ4v) is 1.92. The Morgan fingerprint density at radius 1 is 1.69 bits per heavy atom. The highest BCUT2D eigenvalue weighted by Gasteiger charge is 2.25. The molecule has 2 unspecified atom stereocenters. The molecule has 13 heavy (non-hydrogen) atoms. The molecule has 74 valence electrons. The van der Waals surface area contributed by atoms with Gasteiger partial charge in [-0.15, -0.1) is 0 Å². The summed E-state index contributed by atoms with van der Waals surface area (Å²) in [7, 11) is 0. The second kappa shape index (κ2) is 4.56. The van der Waals surface area contributed by atoms with Crippen LogP contribution in [-0.4, -0.2) is 17.5 Å². The van der Waals surface area contributed by atoms with Gasteiger partial charge in [-0.25, -0.2) is 0 Å². The molecule has 0 amide bonds. The molecular weight excluding hydrogens is 164 g/mol. The van der Waals surface area contributed by atoms with Crippen molar-refractivity contribution in [1.82, 2.24) is 0 Å². The van der Waals surface area contributed by atoms with Crippen LogP contribution in [-0.2, 0) is 4.79 Å². The molecule has 1 N–H and O–H groups in total. The molecule has 2 atom stereocenters. The van der Waals surface area contributed by atoms with Gasteiger partial charge in [0.25, 0.3) is 0 Å². The average molecular weight is 182 g/mol. The second-order valence-corrected chi connectivity index (χ2v) is 4.03. The van der Waals surface area contributed by atoms with Crippen LogP contribution in [0, 0.1) is 11.8 Å². The van der Waals surface area contributed by atoms with Crippen LogP contribution in [0.15, 0.2) is 11.6 Å². The van der Waals surface area contributed by atoms with E-state index in [0.717, 1.165) is 19.3 Å². The number of rotatable bonds is 3. The summed E-state index contributed by atoms with van der Waals surface area (Å²) in [4.78, 5) is 11.6. The first-order chi connectivity index (χ1) is 6.15. The fraction of sp³-hybridized carbons (Fsp3) is 0.727. The van der Waals surface area contributed by atoms with Gasteiger partial charge in [0.1, 0.15) is 0 Å². The highest BCUT2D eigenvalue weighted by molar-refractivity contribution is 5.93. The van der Waals surface area contributed by atoms with Crippen LogP contribution < -0.4 is 0 Å². The number of ketones is 1. The largest absolute Gasteiger partial charge is 0.396 e. The Morgan fingerprint density at radius 2 is 2.38 bits per heavy atom. The maximum Gasteiger partial charge on any atom is 0.158 e. The zero-order chi connectivity index (χ0) is 9.84. The summed E-state index contributed by atoms with van der Waals surface area (Å²) in [5.41, 5.74) is 1.19. The van der Waals surface area contributed by atoms with E-state index in [1.165, 1.54) is 5.57 Å². The average Bonchev–Trinajstić information content (AvgIpc) is 2.04. The van der Waals surface area contributed by atoms with Gasteiger partial charge in [-0.1, -0.05) is 12.5 Å². The minimum atomic E-state index is 0.149. The standard InChI is InChI=1S/C11H18O2/c1-8-3-4-10(11(13)7-8)9(2)5-6-12/h7,9-10,12H,3-6H2,1-2H3. The Kier molecular flexibility index (Phi) is 3.67. The third kappa shape index (κ3) is 2.66. The quantitative estimate of drug-likeness (QED) is 0.724. The molecular formula is C11H18O2. The van der Waals surface area contributed by atoms with Gasteiger partial charge in [-0.05, 0) is 38.2 Å². The van der Waals surface area contributed by atoms with Gasteiger partial charge in [-0.2, -0.15) is 0 Å². The third-order valence-corrected chi connectivity index (χ3v) is 2.88. The molecule has 2 heteroatoms. The van der Waals surface area contributed by atoms with Gasteiger partial charge in [0.05, 0.1) is 0 Å². The predicted molar refractivity (Wildman–Crippen MR) is 52.4 cm³/mol. The molecule has 0 aromatic rings. The Hall–Kier alpha value is -0.630. The summed E-state index contributed by atoms with van der Waals surface area (Å²) in [5, 5.41) is 8.78. The van der Waals surface area contributed by atoms with Crippen LogP contribution in [0.2, 0.25) is 0 Å². The van der Waals surface area contributed by atoms with E-state index in [4.69, 9.17) is 5.11 Å². The van der Waals surface area contributed by atoms with E-state index in [1.807, 2.05) is 13.8 Å². The lowest BCUT2D eigenvalue weighted by atomic mass is 9.80. The van der Waals surface area contributed by atoms with Crippen LogP contribution in [0.1, 0.15) is 33.1 Å². The molecule has 0 aromatic carbocycles. The number of carbonyl (C=O) groups excluding carboxylic acids is 1. The van der Waals surface area contributed by atoms with Gasteiger partial charge in [0.2, 0.25) is 0 Å². The Morgan fingerprint density at radius 3 is 2.92 bits per heavy atom.